The molecule has 10 rings (SSSR count). The molecular formula is C45H27N3O. The van der Waals surface area contributed by atoms with E-state index in [-0.39, 0.29) is 0 Å². The van der Waals surface area contributed by atoms with E-state index in [0.717, 1.165) is 82.6 Å². The maximum absolute atomic E-state index is 6.54. The van der Waals surface area contributed by atoms with Crippen LogP contribution in [0.3, 0.4) is 0 Å². The van der Waals surface area contributed by atoms with E-state index in [1.165, 1.54) is 11.1 Å². The molecule has 0 N–H and O–H groups in total. The van der Waals surface area contributed by atoms with Crippen LogP contribution in [0.5, 0.6) is 0 Å². The third-order valence-electron chi connectivity index (χ3n) is 9.50. The number of benzene rings is 7. The number of para-hydroxylation sites is 3. The summed E-state index contributed by atoms with van der Waals surface area (Å²) in [6, 6.07) is 56.6. The summed E-state index contributed by atoms with van der Waals surface area (Å²) < 4.78 is 6.54. The minimum absolute atomic E-state index is 0.684. The molecular weight excluding hydrogens is 599 g/mol. The largest absolute Gasteiger partial charge is 0.455 e. The van der Waals surface area contributed by atoms with Crippen molar-refractivity contribution in [3.63, 3.8) is 0 Å². The van der Waals surface area contributed by atoms with E-state index in [1.54, 1.807) is 0 Å². The van der Waals surface area contributed by atoms with Gasteiger partial charge in [-0.05, 0) is 40.8 Å². The molecule has 3 aromatic heterocycles. The van der Waals surface area contributed by atoms with Crippen LogP contribution in [-0.4, -0.2) is 15.0 Å². The van der Waals surface area contributed by atoms with Gasteiger partial charge >= 0.3 is 0 Å². The molecule has 49 heavy (non-hydrogen) atoms. The molecule has 4 nitrogen and oxygen atoms in total. The monoisotopic (exact) mass is 625 g/mol. The van der Waals surface area contributed by atoms with Gasteiger partial charge in [0.25, 0.3) is 0 Å². The standard InChI is InChI=1S/C45H27N3O/c1-2-10-28(11-3-1)29-18-20-30(21-19-29)42-37-14-5-8-16-39(37)47-45(48-42)32-24-22-31(23-25-32)43-41-35(33-12-4-7-15-38(33)46-43)26-27-36-34-13-6-9-17-40(34)49-44(36)41/h1-27H. The Morgan fingerprint density at radius 3 is 1.65 bits per heavy atom. The molecule has 0 saturated carbocycles. The molecule has 0 fully saturated rings. The number of hydrogen-bond donors (Lipinski definition) is 0. The summed E-state index contributed by atoms with van der Waals surface area (Å²) in [6.07, 6.45) is 0. The fourth-order valence-electron chi connectivity index (χ4n) is 7.09. The maximum Gasteiger partial charge on any atom is 0.160 e. The fraction of sp³-hybridized carbons (Fsp3) is 0. The summed E-state index contributed by atoms with van der Waals surface area (Å²) in [4.78, 5) is 15.4. The molecule has 10 aromatic rings. The molecule has 228 valence electrons. The van der Waals surface area contributed by atoms with Crippen molar-refractivity contribution in [1.29, 1.82) is 0 Å². The van der Waals surface area contributed by atoms with Crippen molar-refractivity contribution in [2.75, 3.05) is 0 Å². The average Bonchev–Trinajstić information content (AvgIpc) is 3.57. The average molecular weight is 626 g/mol. The van der Waals surface area contributed by atoms with Gasteiger partial charge in [0, 0.05) is 38.2 Å². The molecule has 0 radical (unpaired) electrons. The molecule has 7 aromatic carbocycles. The number of aromatic nitrogens is 3. The van der Waals surface area contributed by atoms with Gasteiger partial charge in [-0.1, -0.05) is 140 Å². The second-order valence-corrected chi connectivity index (χ2v) is 12.4. The van der Waals surface area contributed by atoms with Crippen LogP contribution in [0.2, 0.25) is 0 Å². The van der Waals surface area contributed by atoms with E-state index in [4.69, 9.17) is 19.4 Å². The third kappa shape index (κ3) is 4.49. The van der Waals surface area contributed by atoms with Gasteiger partial charge in [-0.15, -0.1) is 0 Å². The molecule has 0 aliphatic rings. The van der Waals surface area contributed by atoms with Crippen LogP contribution in [0.1, 0.15) is 0 Å². The first kappa shape index (κ1) is 27.5. The molecule has 4 heteroatoms. The van der Waals surface area contributed by atoms with Gasteiger partial charge in [0.1, 0.15) is 11.2 Å². The zero-order valence-corrected chi connectivity index (χ0v) is 26.3. The van der Waals surface area contributed by atoms with Crippen molar-refractivity contribution in [2.45, 2.75) is 0 Å². The van der Waals surface area contributed by atoms with Gasteiger partial charge in [-0.2, -0.15) is 0 Å². The molecule has 0 bridgehead atoms. The highest BCUT2D eigenvalue weighted by Crippen LogP contribution is 2.41. The lowest BCUT2D eigenvalue weighted by atomic mass is 9.97. The summed E-state index contributed by atoms with van der Waals surface area (Å²) in [6.45, 7) is 0. The van der Waals surface area contributed by atoms with Gasteiger partial charge in [0.05, 0.1) is 27.8 Å². The summed E-state index contributed by atoms with van der Waals surface area (Å²) >= 11 is 0. The van der Waals surface area contributed by atoms with Crippen molar-refractivity contribution in [2.24, 2.45) is 0 Å². The van der Waals surface area contributed by atoms with E-state index >= 15 is 0 Å². The Labute approximate surface area is 282 Å². The number of rotatable bonds is 4. The lowest BCUT2D eigenvalue weighted by Gasteiger charge is -2.12. The van der Waals surface area contributed by atoms with Crippen LogP contribution < -0.4 is 0 Å². The minimum atomic E-state index is 0.684. The Morgan fingerprint density at radius 1 is 0.327 bits per heavy atom. The molecule has 3 heterocycles. The first-order valence-electron chi connectivity index (χ1n) is 16.4. The summed E-state index contributed by atoms with van der Waals surface area (Å²) in [5.41, 5.74) is 10.8. The first-order valence-corrected chi connectivity index (χ1v) is 16.4. The van der Waals surface area contributed by atoms with Crippen LogP contribution in [0.25, 0.3) is 99.5 Å². The molecule has 0 saturated heterocycles. The maximum atomic E-state index is 6.54. The molecule has 0 spiro atoms. The Kier molecular flexibility index (Phi) is 6.15. The molecule has 0 unspecified atom stereocenters. The van der Waals surface area contributed by atoms with Gasteiger partial charge in [-0.3, -0.25) is 0 Å². The van der Waals surface area contributed by atoms with Crippen LogP contribution >= 0.6 is 0 Å². The smallest absolute Gasteiger partial charge is 0.160 e. The van der Waals surface area contributed by atoms with Crippen LogP contribution in [0.15, 0.2) is 168 Å². The van der Waals surface area contributed by atoms with Crippen molar-refractivity contribution < 1.29 is 4.42 Å². The predicted molar refractivity (Wildman–Crippen MR) is 201 cm³/mol. The second kappa shape index (κ2) is 11.0. The summed E-state index contributed by atoms with van der Waals surface area (Å²) in [5.74, 6) is 0.684. The molecule has 0 aliphatic carbocycles. The van der Waals surface area contributed by atoms with Gasteiger partial charge in [0.15, 0.2) is 5.82 Å². The summed E-state index contributed by atoms with van der Waals surface area (Å²) in [5, 5.41) is 6.46. The lowest BCUT2D eigenvalue weighted by Crippen LogP contribution is -1.95. The number of furan rings is 1. The molecule has 0 atom stereocenters. The first-order chi connectivity index (χ1) is 24.3. The third-order valence-corrected chi connectivity index (χ3v) is 9.50. The normalized spacial score (nSPS) is 11.7. The van der Waals surface area contributed by atoms with E-state index in [0.29, 0.717) is 5.82 Å². The Morgan fingerprint density at radius 2 is 0.878 bits per heavy atom. The van der Waals surface area contributed by atoms with Crippen LogP contribution in [0, 0.1) is 0 Å². The highest BCUT2D eigenvalue weighted by atomic mass is 16.3. The van der Waals surface area contributed by atoms with E-state index in [9.17, 15) is 0 Å². The highest BCUT2D eigenvalue weighted by Gasteiger charge is 2.18. The zero-order valence-electron chi connectivity index (χ0n) is 26.3. The number of hydrogen-bond acceptors (Lipinski definition) is 4. The van der Waals surface area contributed by atoms with Crippen molar-refractivity contribution >= 4 is 54.5 Å². The Balaban J connectivity index is 1.11. The van der Waals surface area contributed by atoms with Gasteiger partial charge in [0.2, 0.25) is 0 Å². The zero-order chi connectivity index (χ0) is 32.3. The predicted octanol–water partition coefficient (Wildman–Crippen LogP) is 11.9. The van der Waals surface area contributed by atoms with Crippen LogP contribution in [-0.2, 0) is 0 Å². The van der Waals surface area contributed by atoms with E-state index in [2.05, 4.69) is 127 Å². The molecule has 0 amide bonds. The minimum Gasteiger partial charge on any atom is -0.455 e. The number of fused-ring (bicyclic) bond motifs is 8. The number of pyridine rings is 1. The van der Waals surface area contributed by atoms with Crippen LogP contribution in [0.4, 0.5) is 0 Å². The Hall–Kier alpha value is -6.65. The topological polar surface area (TPSA) is 51.8 Å². The molecule has 0 aliphatic heterocycles. The van der Waals surface area contributed by atoms with Crippen molar-refractivity contribution in [3.05, 3.63) is 164 Å². The fourth-order valence-corrected chi connectivity index (χ4v) is 7.09. The Bertz CT molecular complexity index is 2860. The lowest BCUT2D eigenvalue weighted by molar-refractivity contribution is 0.672. The SMILES string of the molecule is c1ccc(-c2ccc(-c3nc(-c4ccc(-c5nc6ccccc6c6ccc7c8ccccc8oc7c56)cc4)nc4ccccc34)cc2)cc1. The number of nitrogens with zero attached hydrogens (tertiary/aromatic N) is 3. The summed E-state index contributed by atoms with van der Waals surface area (Å²) in [7, 11) is 0. The van der Waals surface area contributed by atoms with Gasteiger partial charge in [-0.25, -0.2) is 15.0 Å². The van der Waals surface area contributed by atoms with Crippen molar-refractivity contribution in [3.8, 4) is 45.0 Å². The van der Waals surface area contributed by atoms with E-state index < -0.39 is 0 Å². The second-order valence-electron chi connectivity index (χ2n) is 12.4. The van der Waals surface area contributed by atoms with Crippen molar-refractivity contribution in [1.82, 2.24) is 15.0 Å². The van der Waals surface area contributed by atoms with E-state index in [1.807, 2.05) is 36.4 Å². The quantitative estimate of drug-likeness (QED) is 0.183. The highest BCUT2D eigenvalue weighted by molar-refractivity contribution is 6.23. The van der Waals surface area contributed by atoms with Gasteiger partial charge < -0.3 is 4.42 Å².